The summed E-state index contributed by atoms with van der Waals surface area (Å²) in [5, 5.41) is 5.46. The van der Waals surface area contributed by atoms with Crippen LogP contribution in [0.3, 0.4) is 0 Å². The van der Waals surface area contributed by atoms with Gasteiger partial charge in [-0.1, -0.05) is 57.7 Å². The molecule has 0 aliphatic carbocycles. The molecule has 32 heavy (non-hydrogen) atoms. The number of rotatable bonds is 4. The first-order valence-corrected chi connectivity index (χ1v) is 13.4. The highest BCUT2D eigenvalue weighted by atomic mass is 32.2. The Morgan fingerprint density at radius 3 is 2.53 bits per heavy atom. The Kier molecular flexibility index (Phi) is 6.50. The van der Waals surface area contributed by atoms with E-state index in [1.807, 2.05) is 25.2 Å². The predicted molar refractivity (Wildman–Crippen MR) is 150 cm³/mol. The fourth-order valence-corrected chi connectivity index (χ4v) is 6.34. The zero-order valence-corrected chi connectivity index (χ0v) is 21.5. The number of aryl methyl sites for hydroxylation is 2. The summed E-state index contributed by atoms with van der Waals surface area (Å²) in [6.45, 7) is 14.9. The van der Waals surface area contributed by atoms with Crippen LogP contribution in [0.1, 0.15) is 44.4 Å². The average Bonchev–Trinajstić information content (AvgIpc) is 3.39. The van der Waals surface area contributed by atoms with Gasteiger partial charge in [0.25, 0.3) is 0 Å². The summed E-state index contributed by atoms with van der Waals surface area (Å²) in [6.07, 6.45) is 5.27. The number of H-pyrrole nitrogens is 1. The maximum absolute atomic E-state index is 4.26. The number of aromatic nitrogens is 1. The van der Waals surface area contributed by atoms with Crippen molar-refractivity contribution in [3.8, 4) is 0 Å². The fraction of sp³-hybridized carbons (Fsp3) is 0.241. The molecule has 0 saturated heterocycles. The SMILES string of the molecule is C=C(SC)/C(=C\C)c1cc(CC)c2c(c1)[nH]c1c3sc4ccccc4c3cc(C)c12.CC. The quantitative estimate of drug-likeness (QED) is 0.265. The van der Waals surface area contributed by atoms with Gasteiger partial charge in [0.1, 0.15) is 0 Å². The number of fused-ring (bicyclic) bond motifs is 7. The van der Waals surface area contributed by atoms with Gasteiger partial charge in [-0.3, -0.25) is 0 Å². The van der Waals surface area contributed by atoms with Gasteiger partial charge in [0.05, 0.1) is 10.2 Å². The molecule has 0 unspecified atom stereocenters. The van der Waals surface area contributed by atoms with Gasteiger partial charge in [0.15, 0.2) is 0 Å². The van der Waals surface area contributed by atoms with Crippen LogP contribution in [-0.4, -0.2) is 11.2 Å². The minimum Gasteiger partial charge on any atom is -0.353 e. The van der Waals surface area contributed by atoms with Crippen molar-refractivity contribution in [3.63, 3.8) is 0 Å². The number of nitrogens with one attached hydrogen (secondary N) is 1. The van der Waals surface area contributed by atoms with Crippen LogP contribution in [0.5, 0.6) is 0 Å². The molecular formula is C29H31NS2. The molecule has 0 radical (unpaired) electrons. The van der Waals surface area contributed by atoms with E-state index in [1.54, 1.807) is 11.8 Å². The number of hydrogen-bond acceptors (Lipinski definition) is 2. The van der Waals surface area contributed by atoms with Crippen molar-refractivity contribution in [1.29, 1.82) is 0 Å². The highest BCUT2D eigenvalue weighted by Gasteiger charge is 2.18. The first kappa shape index (κ1) is 22.7. The molecular weight excluding hydrogens is 426 g/mol. The van der Waals surface area contributed by atoms with E-state index in [2.05, 4.69) is 87.1 Å². The predicted octanol–water partition coefficient (Wildman–Crippen LogP) is 9.87. The van der Waals surface area contributed by atoms with Gasteiger partial charge in [-0.2, -0.15) is 0 Å². The van der Waals surface area contributed by atoms with Crippen LogP contribution in [0, 0.1) is 6.92 Å². The minimum atomic E-state index is 1.00. The lowest BCUT2D eigenvalue weighted by Crippen LogP contribution is -1.91. The lowest BCUT2D eigenvalue weighted by molar-refractivity contribution is 1.16. The van der Waals surface area contributed by atoms with E-state index in [-0.39, 0.29) is 0 Å². The first-order valence-electron chi connectivity index (χ1n) is 11.4. The Morgan fingerprint density at radius 1 is 1.09 bits per heavy atom. The molecule has 5 rings (SSSR count). The topological polar surface area (TPSA) is 15.8 Å². The second-order valence-electron chi connectivity index (χ2n) is 7.78. The molecule has 0 aliphatic heterocycles. The Morgan fingerprint density at radius 2 is 1.84 bits per heavy atom. The van der Waals surface area contributed by atoms with Gasteiger partial charge in [0, 0.05) is 36.7 Å². The molecule has 1 nitrogen and oxygen atoms in total. The normalized spacial score (nSPS) is 12.0. The van der Waals surface area contributed by atoms with E-state index >= 15 is 0 Å². The van der Waals surface area contributed by atoms with E-state index in [0.717, 1.165) is 11.3 Å². The van der Waals surface area contributed by atoms with E-state index in [4.69, 9.17) is 0 Å². The summed E-state index contributed by atoms with van der Waals surface area (Å²) >= 11 is 3.60. The molecule has 0 aliphatic rings. The molecule has 0 fully saturated rings. The molecule has 0 saturated carbocycles. The number of thiophene rings is 1. The molecule has 164 valence electrons. The van der Waals surface area contributed by atoms with Crippen LogP contribution in [0.25, 0.3) is 47.6 Å². The Labute approximate surface area is 199 Å². The lowest BCUT2D eigenvalue weighted by atomic mass is 9.95. The molecule has 5 aromatic rings. The number of allylic oxidation sites excluding steroid dienone is 2. The van der Waals surface area contributed by atoms with Crippen molar-refractivity contribution in [1.82, 2.24) is 4.98 Å². The third kappa shape index (κ3) is 3.48. The largest absolute Gasteiger partial charge is 0.353 e. The summed E-state index contributed by atoms with van der Waals surface area (Å²) < 4.78 is 2.71. The van der Waals surface area contributed by atoms with E-state index < -0.39 is 0 Å². The van der Waals surface area contributed by atoms with Gasteiger partial charge >= 0.3 is 0 Å². The number of hydrogen-bond donors (Lipinski definition) is 1. The molecule has 1 N–H and O–H groups in total. The van der Waals surface area contributed by atoms with E-state index in [0.29, 0.717) is 0 Å². The molecule has 0 spiro atoms. The van der Waals surface area contributed by atoms with Crippen molar-refractivity contribution in [2.45, 2.75) is 41.0 Å². The monoisotopic (exact) mass is 457 g/mol. The van der Waals surface area contributed by atoms with Crippen molar-refractivity contribution >= 4 is 70.6 Å². The van der Waals surface area contributed by atoms with Gasteiger partial charge < -0.3 is 4.98 Å². The van der Waals surface area contributed by atoms with Crippen molar-refractivity contribution in [3.05, 3.63) is 76.7 Å². The second-order valence-corrected chi connectivity index (χ2v) is 9.74. The molecule has 3 heteroatoms. The fourth-order valence-electron chi connectivity index (χ4n) is 4.70. The van der Waals surface area contributed by atoms with Crippen LogP contribution >= 0.6 is 23.1 Å². The third-order valence-corrected chi connectivity index (χ3v) is 8.04. The van der Waals surface area contributed by atoms with Crippen molar-refractivity contribution in [2.75, 3.05) is 6.26 Å². The first-order chi connectivity index (χ1) is 15.6. The Hall–Kier alpha value is -2.49. The molecule has 0 bridgehead atoms. The van der Waals surface area contributed by atoms with Gasteiger partial charge in [-0.05, 0) is 67.0 Å². The van der Waals surface area contributed by atoms with Crippen LogP contribution in [0.15, 0.2) is 60.0 Å². The zero-order valence-electron chi connectivity index (χ0n) is 19.8. The average molecular weight is 458 g/mol. The zero-order chi connectivity index (χ0) is 23.0. The molecule has 0 amide bonds. The maximum Gasteiger partial charge on any atom is 0.0649 e. The van der Waals surface area contributed by atoms with E-state index in [9.17, 15) is 0 Å². The molecule has 0 atom stereocenters. The van der Waals surface area contributed by atoms with Crippen molar-refractivity contribution in [2.24, 2.45) is 0 Å². The van der Waals surface area contributed by atoms with Crippen LogP contribution in [0.2, 0.25) is 0 Å². The van der Waals surface area contributed by atoms with Crippen molar-refractivity contribution < 1.29 is 0 Å². The second kappa shape index (κ2) is 9.17. The van der Waals surface area contributed by atoms with Gasteiger partial charge in [-0.25, -0.2) is 0 Å². The van der Waals surface area contributed by atoms with Crippen LogP contribution in [-0.2, 0) is 6.42 Å². The number of aromatic amines is 1. The summed E-state index contributed by atoms with van der Waals surface area (Å²) in [4.78, 5) is 4.93. The third-order valence-electron chi connectivity index (χ3n) is 6.12. The Bertz CT molecular complexity index is 1490. The summed E-state index contributed by atoms with van der Waals surface area (Å²) in [6, 6.07) is 15.8. The summed E-state index contributed by atoms with van der Waals surface area (Å²) in [5.41, 5.74) is 7.71. The number of benzene rings is 3. The maximum atomic E-state index is 4.26. The lowest BCUT2D eigenvalue weighted by Gasteiger charge is -2.12. The highest BCUT2D eigenvalue weighted by molar-refractivity contribution is 8.02. The summed E-state index contributed by atoms with van der Waals surface area (Å²) in [5.74, 6) is 0. The number of thioether (sulfide) groups is 1. The molecule has 3 aromatic carbocycles. The smallest absolute Gasteiger partial charge is 0.0649 e. The highest BCUT2D eigenvalue weighted by Crippen LogP contribution is 2.43. The van der Waals surface area contributed by atoms with Gasteiger partial charge in [-0.15, -0.1) is 23.1 Å². The van der Waals surface area contributed by atoms with Crippen LogP contribution < -0.4 is 0 Å². The van der Waals surface area contributed by atoms with Crippen LogP contribution in [0.4, 0.5) is 0 Å². The van der Waals surface area contributed by atoms with E-state index in [1.165, 1.54) is 64.2 Å². The van der Waals surface area contributed by atoms with Gasteiger partial charge in [0.2, 0.25) is 0 Å². The molecule has 2 heterocycles. The standard InChI is InChI=1S/C27H25NS2.C2H6/c1-6-17-13-18(19(7-2)16(4)29-5)14-22-25(17)24-15(3)12-21-20-10-8-9-11-23(20)30-27(21)26(24)28-22;1-2/h7-14,28H,4,6H2,1-3,5H3;1-2H3/b19-7+;. The molecule has 2 aromatic heterocycles. The summed E-state index contributed by atoms with van der Waals surface area (Å²) in [7, 11) is 0. The minimum absolute atomic E-state index is 1.00. The Balaban J connectivity index is 0.00000119.